The summed E-state index contributed by atoms with van der Waals surface area (Å²) in [6.45, 7) is 7.16. The Kier molecular flexibility index (Phi) is 4.28. The summed E-state index contributed by atoms with van der Waals surface area (Å²) in [5, 5.41) is 4.18. The smallest absolute Gasteiger partial charge is 0.238 e. The van der Waals surface area contributed by atoms with E-state index in [1.165, 1.54) is 4.68 Å². The molecule has 2 aromatic heterocycles. The maximum absolute atomic E-state index is 11.8. The van der Waals surface area contributed by atoms with Gasteiger partial charge in [0, 0.05) is 22.4 Å². The molecule has 0 spiro atoms. The zero-order chi connectivity index (χ0) is 15.9. The minimum absolute atomic E-state index is 0.0776. The van der Waals surface area contributed by atoms with Crippen molar-refractivity contribution < 1.29 is 8.42 Å². The fourth-order valence-electron chi connectivity index (χ4n) is 1.96. The third kappa shape index (κ3) is 3.20. The van der Waals surface area contributed by atoms with Crippen molar-refractivity contribution in [3.05, 3.63) is 28.4 Å². The van der Waals surface area contributed by atoms with Crippen LogP contribution in [0.3, 0.4) is 0 Å². The molecule has 0 bridgehead atoms. The Morgan fingerprint density at radius 2 is 1.86 bits per heavy atom. The van der Waals surface area contributed by atoms with Crippen LogP contribution in [0.2, 0.25) is 5.15 Å². The molecule has 2 heterocycles. The van der Waals surface area contributed by atoms with E-state index in [0.717, 1.165) is 5.69 Å². The first-order valence-electron chi connectivity index (χ1n) is 6.17. The van der Waals surface area contributed by atoms with E-state index >= 15 is 0 Å². The van der Waals surface area contributed by atoms with Gasteiger partial charge in [0.05, 0.1) is 5.69 Å². The minimum Gasteiger partial charge on any atom is -0.238 e. The Balaban J connectivity index is 2.77. The number of halogens is 2. The third-order valence-corrected chi connectivity index (χ3v) is 4.59. The van der Waals surface area contributed by atoms with Crippen LogP contribution in [0, 0.1) is 13.8 Å². The number of rotatable bonds is 3. The Hall–Kier alpha value is -1.18. The Labute approximate surface area is 132 Å². The third-order valence-electron chi connectivity index (χ3n) is 2.77. The highest BCUT2D eigenvalue weighted by atomic mass is 35.7. The topological polar surface area (TPSA) is 77.7 Å². The highest BCUT2D eigenvalue weighted by Crippen LogP contribution is 2.33. The van der Waals surface area contributed by atoms with Crippen molar-refractivity contribution in [2.75, 3.05) is 0 Å². The van der Waals surface area contributed by atoms with Crippen molar-refractivity contribution in [2.45, 2.75) is 38.5 Å². The lowest BCUT2D eigenvalue weighted by atomic mass is 10.1. The molecule has 0 aromatic carbocycles. The Bertz CT molecular complexity index is 780. The molecular weight excluding hydrogens is 335 g/mol. The minimum atomic E-state index is -4.00. The predicted octanol–water partition coefficient (Wildman–Crippen LogP) is 2.98. The van der Waals surface area contributed by atoms with Gasteiger partial charge in [-0.3, -0.25) is 0 Å². The van der Waals surface area contributed by atoms with E-state index in [2.05, 4.69) is 15.1 Å². The summed E-state index contributed by atoms with van der Waals surface area (Å²) in [4.78, 5) is 8.22. The number of nitrogens with zero attached hydrogens (tertiary/aromatic N) is 4. The number of aryl methyl sites for hydroxylation is 2. The first-order chi connectivity index (χ1) is 9.61. The van der Waals surface area contributed by atoms with Crippen molar-refractivity contribution in [3.8, 4) is 5.82 Å². The summed E-state index contributed by atoms with van der Waals surface area (Å²) in [5.74, 6) is 0.785. The van der Waals surface area contributed by atoms with Crippen molar-refractivity contribution in [2.24, 2.45) is 0 Å². The second-order valence-corrected chi connectivity index (χ2v) is 7.79. The molecular formula is C12H14Cl2N4O2S. The van der Waals surface area contributed by atoms with Crippen LogP contribution in [0.4, 0.5) is 0 Å². The number of hydrogen-bond donors (Lipinski definition) is 0. The number of hydrogen-bond acceptors (Lipinski definition) is 5. The molecule has 9 heteroatoms. The van der Waals surface area contributed by atoms with Gasteiger partial charge in [0.25, 0.3) is 9.05 Å². The molecule has 0 aliphatic heterocycles. The van der Waals surface area contributed by atoms with Crippen LogP contribution in [0.1, 0.15) is 37.0 Å². The molecule has 0 N–H and O–H groups in total. The van der Waals surface area contributed by atoms with Crippen LogP contribution < -0.4 is 0 Å². The summed E-state index contributed by atoms with van der Waals surface area (Å²) < 4.78 is 24.8. The first kappa shape index (κ1) is 16.2. The molecule has 0 aliphatic carbocycles. The maximum atomic E-state index is 11.8. The van der Waals surface area contributed by atoms with Gasteiger partial charge >= 0.3 is 0 Å². The van der Waals surface area contributed by atoms with Crippen LogP contribution in [0.25, 0.3) is 5.82 Å². The lowest BCUT2D eigenvalue weighted by Gasteiger charge is -2.04. The average Bonchev–Trinajstić information content (AvgIpc) is 2.65. The standard InChI is InChI=1S/C12H14Cl2N4O2S/c1-6(2)10-11(21(14,19)20)12(13)18(17-10)9-5-7(3)15-8(4)16-9/h5-6H,1-4H3. The van der Waals surface area contributed by atoms with E-state index < -0.39 is 9.05 Å². The van der Waals surface area contributed by atoms with E-state index in [0.29, 0.717) is 17.3 Å². The lowest BCUT2D eigenvalue weighted by Crippen LogP contribution is -2.04. The second-order valence-electron chi connectivity index (χ2n) is 4.92. The fourth-order valence-corrected chi connectivity index (χ4v) is 3.87. The quantitative estimate of drug-likeness (QED) is 0.796. The lowest BCUT2D eigenvalue weighted by molar-refractivity contribution is 0.607. The summed E-state index contributed by atoms with van der Waals surface area (Å²) in [7, 11) is 1.48. The SMILES string of the molecule is Cc1cc(-n2nc(C(C)C)c(S(=O)(=O)Cl)c2Cl)nc(C)n1. The van der Waals surface area contributed by atoms with Gasteiger partial charge in [0.15, 0.2) is 11.0 Å². The van der Waals surface area contributed by atoms with Crippen LogP contribution in [-0.4, -0.2) is 28.2 Å². The van der Waals surface area contributed by atoms with Gasteiger partial charge in [-0.05, 0) is 19.8 Å². The van der Waals surface area contributed by atoms with E-state index in [9.17, 15) is 8.42 Å². The molecule has 0 fully saturated rings. The van der Waals surface area contributed by atoms with Gasteiger partial charge in [-0.15, -0.1) is 0 Å². The van der Waals surface area contributed by atoms with Gasteiger partial charge in [0.2, 0.25) is 0 Å². The molecule has 6 nitrogen and oxygen atoms in total. The molecule has 21 heavy (non-hydrogen) atoms. The Morgan fingerprint density at radius 1 is 1.24 bits per heavy atom. The predicted molar refractivity (Wildman–Crippen MR) is 80.8 cm³/mol. The summed E-state index contributed by atoms with van der Waals surface area (Å²) in [6, 6.07) is 1.67. The van der Waals surface area contributed by atoms with Crippen LogP contribution in [0.5, 0.6) is 0 Å². The van der Waals surface area contributed by atoms with Crippen molar-refractivity contribution in [1.82, 2.24) is 19.7 Å². The number of aromatic nitrogens is 4. The summed E-state index contributed by atoms with van der Waals surface area (Å²) in [6.07, 6.45) is 0. The first-order valence-corrected chi connectivity index (χ1v) is 8.85. The van der Waals surface area contributed by atoms with Crippen molar-refractivity contribution in [1.29, 1.82) is 0 Å². The van der Waals surface area contributed by atoms with Crippen molar-refractivity contribution in [3.63, 3.8) is 0 Å². The largest absolute Gasteiger partial charge is 0.266 e. The van der Waals surface area contributed by atoms with Gasteiger partial charge in [-0.2, -0.15) is 5.10 Å². The molecule has 0 saturated carbocycles. The monoisotopic (exact) mass is 348 g/mol. The maximum Gasteiger partial charge on any atom is 0.266 e. The molecule has 0 atom stereocenters. The van der Waals surface area contributed by atoms with E-state index in [4.69, 9.17) is 22.3 Å². The fraction of sp³-hybridized carbons (Fsp3) is 0.417. The average molecular weight is 349 g/mol. The summed E-state index contributed by atoms with van der Waals surface area (Å²) in [5.41, 5.74) is 1.04. The zero-order valence-corrected chi connectivity index (χ0v) is 14.3. The van der Waals surface area contributed by atoms with Crippen LogP contribution in [0.15, 0.2) is 11.0 Å². The summed E-state index contributed by atoms with van der Waals surface area (Å²) >= 11 is 6.17. The van der Waals surface area contributed by atoms with Crippen LogP contribution in [-0.2, 0) is 9.05 Å². The van der Waals surface area contributed by atoms with E-state index in [-0.39, 0.29) is 16.0 Å². The Morgan fingerprint density at radius 3 is 2.29 bits per heavy atom. The molecule has 0 radical (unpaired) electrons. The van der Waals surface area contributed by atoms with Gasteiger partial charge in [-0.25, -0.2) is 23.1 Å². The van der Waals surface area contributed by atoms with Gasteiger partial charge < -0.3 is 0 Å². The van der Waals surface area contributed by atoms with E-state index in [1.807, 2.05) is 13.8 Å². The normalized spacial score (nSPS) is 12.1. The van der Waals surface area contributed by atoms with Gasteiger partial charge in [0.1, 0.15) is 10.7 Å². The van der Waals surface area contributed by atoms with Gasteiger partial charge in [-0.1, -0.05) is 25.4 Å². The van der Waals surface area contributed by atoms with Crippen molar-refractivity contribution >= 4 is 31.3 Å². The highest BCUT2D eigenvalue weighted by molar-refractivity contribution is 8.13. The second kappa shape index (κ2) is 5.55. The molecule has 114 valence electrons. The molecule has 0 aliphatic rings. The molecule has 2 aromatic rings. The van der Waals surface area contributed by atoms with E-state index in [1.54, 1.807) is 19.9 Å². The zero-order valence-electron chi connectivity index (χ0n) is 11.9. The van der Waals surface area contributed by atoms with Crippen LogP contribution >= 0.6 is 22.3 Å². The highest BCUT2D eigenvalue weighted by Gasteiger charge is 2.29. The molecule has 0 saturated heterocycles. The molecule has 0 amide bonds. The molecule has 2 rings (SSSR count). The molecule has 0 unspecified atom stereocenters.